The third-order valence-electron chi connectivity index (χ3n) is 3.07. The molecule has 90 valence electrons. The quantitative estimate of drug-likeness (QED) is 0.851. The molecule has 1 heterocycles. The van der Waals surface area contributed by atoms with Gasteiger partial charge >= 0.3 is 0 Å². The zero-order valence-corrected chi connectivity index (χ0v) is 10.6. The second kappa shape index (κ2) is 4.89. The molecular formula is C12H20N2O2. The molecule has 1 N–H and O–H groups in total. The number of methoxy groups -OCH3 is 1. The van der Waals surface area contributed by atoms with E-state index in [1.165, 1.54) is 0 Å². The van der Waals surface area contributed by atoms with E-state index in [1.54, 1.807) is 20.2 Å². The van der Waals surface area contributed by atoms with Crippen molar-refractivity contribution in [1.82, 2.24) is 9.97 Å². The standard InChI is InChI=1S/C12H20N2O2/c1-6-12(4,16-5)11-13-7-10(9(3)15)8(2)14-11/h7,9,15H,6H2,1-5H3. The van der Waals surface area contributed by atoms with Gasteiger partial charge in [0, 0.05) is 24.6 Å². The lowest BCUT2D eigenvalue weighted by Crippen LogP contribution is -2.26. The van der Waals surface area contributed by atoms with Crippen molar-refractivity contribution in [3.05, 3.63) is 23.3 Å². The van der Waals surface area contributed by atoms with Crippen molar-refractivity contribution in [3.8, 4) is 0 Å². The molecule has 0 amide bonds. The predicted molar refractivity (Wildman–Crippen MR) is 62.1 cm³/mol. The van der Waals surface area contributed by atoms with Crippen LogP contribution in [0.3, 0.4) is 0 Å². The summed E-state index contributed by atoms with van der Waals surface area (Å²) in [6.45, 7) is 7.58. The van der Waals surface area contributed by atoms with Gasteiger partial charge in [0.05, 0.1) is 6.10 Å². The molecule has 2 unspecified atom stereocenters. The van der Waals surface area contributed by atoms with E-state index in [0.29, 0.717) is 5.82 Å². The monoisotopic (exact) mass is 224 g/mol. The highest BCUT2D eigenvalue weighted by Gasteiger charge is 2.27. The molecule has 0 aliphatic rings. The number of aromatic nitrogens is 2. The Labute approximate surface area is 96.7 Å². The lowest BCUT2D eigenvalue weighted by atomic mass is 10.0. The van der Waals surface area contributed by atoms with Crippen LogP contribution in [-0.4, -0.2) is 22.2 Å². The summed E-state index contributed by atoms with van der Waals surface area (Å²) in [7, 11) is 1.66. The van der Waals surface area contributed by atoms with Gasteiger partial charge in [-0.2, -0.15) is 0 Å². The van der Waals surface area contributed by atoms with Gasteiger partial charge < -0.3 is 9.84 Å². The Hall–Kier alpha value is -1.00. The molecule has 4 nitrogen and oxygen atoms in total. The molecule has 0 bridgehead atoms. The van der Waals surface area contributed by atoms with E-state index in [2.05, 4.69) is 9.97 Å². The first-order valence-electron chi connectivity index (χ1n) is 5.51. The molecular weight excluding hydrogens is 204 g/mol. The number of nitrogens with zero attached hydrogens (tertiary/aromatic N) is 2. The molecule has 1 aromatic rings. The van der Waals surface area contributed by atoms with Crippen molar-refractivity contribution in [3.63, 3.8) is 0 Å². The largest absolute Gasteiger partial charge is 0.389 e. The molecule has 0 fully saturated rings. The third-order valence-corrected chi connectivity index (χ3v) is 3.07. The first-order chi connectivity index (χ1) is 7.44. The highest BCUT2D eigenvalue weighted by Crippen LogP contribution is 2.26. The zero-order valence-electron chi connectivity index (χ0n) is 10.6. The summed E-state index contributed by atoms with van der Waals surface area (Å²) in [6, 6.07) is 0. The van der Waals surface area contributed by atoms with E-state index in [1.807, 2.05) is 20.8 Å². The van der Waals surface area contributed by atoms with Crippen molar-refractivity contribution in [2.45, 2.75) is 45.8 Å². The molecule has 0 radical (unpaired) electrons. The van der Waals surface area contributed by atoms with Crippen LogP contribution >= 0.6 is 0 Å². The maximum Gasteiger partial charge on any atom is 0.160 e. The number of aryl methyl sites for hydroxylation is 1. The first-order valence-corrected chi connectivity index (χ1v) is 5.51. The fraction of sp³-hybridized carbons (Fsp3) is 0.667. The lowest BCUT2D eigenvalue weighted by molar-refractivity contribution is -0.00925. The minimum atomic E-state index is -0.538. The summed E-state index contributed by atoms with van der Waals surface area (Å²) in [5, 5.41) is 9.50. The topological polar surface area (TPSA) is 55.2 Å². The molecule has 0 aliphatic heterocycles. The number of hydrogen-bond acceptors (Lipinski definition) is 4. The summed E-state index contributed by atoms with van der Waals surface area (Å²) in [5.41, 5.74) is 1.11. The van der Waals surface area contributed by atoms with Crippen molar-refractivity contribution in [1.29, 1.82) is 0 Å². The molecule has 0 aromatic carbocycles. The molecule has 0 aliphatic carbocycles. The summed E-state index contributed by atoms with van der Waals surface area (Å²) in [5.74, 6) is 0.666. The molecule has 16 heavy (non-hydrogen) atoms. The number of aliphatic hydroxyl groups is 1. The van der Waals surface area contributed by atoms with Crippen LogP contribution < -0.4 is 0 Å². The van der Waals surface area contributed by atoms with Crippen LogP contribution in [0, 0.1) is 6.92 Å². The SMILES string of the molecule is CCC(C)(OC)c1ncc(C(C)O)c(C)n1. The Kier molecular flexibility index (Phi) is 3.99. The van der Waals surface area contributed by atoms with Crippen molar-refractivity contribution < 1.29 is 9.84 Å². The molecule has 2 atom stereocenters. The van der Waals surface area contributed by atoms with E-state index in [0.717, 1.165) is 17.7 Å². The molecule has 0 saturated carbocycles. The average Bonchev–Trinajstić information content (AvgIpc) is 2.27. The number of rotatable bonds is 4. The van der Waals surface area contributed by atoms with Gasteiger partial charge in [0.25, 0.3) is 0 Å². The van der Waals surface area contributed by atoms with E-state index >= 15 is 0 Å². The van der Waals surface area contributed by atoms with Crippen molar-refractivity contribution >= 4 is 0 Å². The van der Waals surface area contributed by atoms with Gasteiger partial charge in [-0.25, -0.2) is 9.97 Å². The summed E-state index contributed by atoms with van der Waals surface area (Å²) >= 11 is 0. The van der Waals surface area contributed by atoms with Crippen LogP contribution in [-0.2, 0) is 10.3 Å². The van der Waals surface area contributed by atoms with Crippen LogP contribution in [0.1, 0.15) is 50.4 Å². The minimum Gasteiger partial charge on any atom is -0.389 e. The van der Waals surface area contributed by atoms with Crippen LogP contribution in [0.2, 0.25) is 0 Å². The van der Waals surface area contributed by atoms with E-state index < -0.39 is 11.7 Å². The van der Waals surface area contributed by atoms with Crippen LogP contribution in [0.4, 0.5) is 0 Å². The molecule has 1 aromatic heterocycles. The lowest BCUT2D eigenvalue weighted by Gasteiger charge is -2.25. The van der Waals surface area contributed by atoms with Crippen LogP contribution in [0.5, 0.6) is 0 Å². The zero-order chi connectivity index (χ0) is 12.3. The Balaban J connectivity index is 3.15. The smallest absolute Gasteiger partial charge is 0.160 e. The Morgan fingerprint density at radius 2 is 2.19 bits per heavy atom. The highest BCUT2D eigenvalue weighted by atomic mass is 16.5. The average molecular weight is 224 g/mol. The maximum atomic E-state index is 9.50. The highest BCUT2D eigenvalue weighted by molar-refractivity contribution is 5.20. The van der Waals surface area contributed by atoms with E-state index in [-0.39, 0.29) is 0 Å². The number of ether oxygens (including phenoxy) is 1. The maximum absolute atomic E-state index is 9.50. The Morgan fingerprint density at radius 1 is 1.56 bits per heavy atom. The van der Waals surface area contributed by atoms with Gasteiger partial charge in [0.1, 0.15) is 5.60 Å². The second-order valence-corrected chi connectivity index (χ2v) is 4.20. The van der Waals surface area contributed by atoms with Gasteiger partial charge in [-0.1, -0.05) is 6.92 Å². The fourth-order valence-corrected chi connectivity index (χ4v) is 1.54. The number of aliphatic hydroxyl groups excluding tert-OH is 1. The normalized spacial score (nSPS) is 16.9. The molecule has 1 rings (SSSR count). The molecule has 4 heteroatoms. The summed E-state index contributed by atoms with van der Waals surface area (Å²) < 4.78 is 5.44. The van der Waals surface area contributed by atoms with Gasteiger partial charge in [-0.3, -0.25) is 0 Å². The van der Waals surface area contributed by atoms with Gasteiger partial charge in [-0.15, -0.1) is 0 Å². The first kappa shape index (κ1) is 13.1. The minimum absolute atomic E-state index is 0.456. The molecule has 0 saturated heterocycles. The van der Waals surface area contributed by atoms with E-state index in [9.17, 15) is 5.11 Å². The van der Waals surface area contributed by atoms with Crippen LogP contribution in [0.25, 0.3) is 0 Å². The second-order valence-electron chi connectivity index (χ2n) is 4.20. The van der Waals surface area contributed by atoms with Crippen molar-refractivity contribution in [2.24, 2.45) is 0 Å². The summed E-state index contributed by atoms with van der Waals surface area (Å²) in [6.07, 6.45) is 1.94. The Morgan fingerprint density at radius 3 is 2.56 bits per heavy atom. The van der Waals surface area contributed by atoms with Gasteiger partial charge in [0.15, 0.2) is 5.82 Å². The summed E-state index contributed by atoms with van der Waals surface area (Å²) in [4.78, 5) is 8.69. The van der Waals surface area contributed by atoms with Gasteiger partial charge in [0.2, 0.25) is 0 Å². The fourth-order valence-electron chi connectivity index (χ4n) is 1.54. The van der Waals surface area contributed by atoms with Crippen molar-refractivity contribution in [2.75, 3.05) is 7.11 Å². The van der Waals surface area contributed by atoms with Crippen LogP contribution in [0.15, 0.2) is 6.20 Å². The predicted octanol–water partition coefficient (Wildman–Crippen LogP) is 2.11. The van der Waals surface area contributed by atoms with Gasteiger partial charge in [-0.05, 0) is 27.2 Å². The number of hydrogen-bond donors (Lipinski definition) is 1. The molecule has 0 spiro atoms. The van der Waals surface area contributed by atoms with E-state index in [4.69, 9.17) is 4.74 Å². The third kappa shape index (κ3) is 2.39. The Bertz CT molecular complexity index is 360.